The van der Waals surface area contributed by atoms with Crippen molar-refractivity contribution in [3.8, 4) is 5.75 Å². The van der Waals surface area contributed by atoms with E-state index in [0.717, 1.165) is 30.3 Å². The van der Waals surface area contributed by atoms with Crippen molar-refractivity contribution in [1.29, 1.82) is 0 Å². The van der Waals surface area contributed by atoms with Gasteiger partial charge in [-0.1, -0.05) is 64.7 Å². The number of aryl methyl sites for hydroxylation is 1. The van der Waals surface area contributed by atoms with E-state index < -0.39 is 0 Å². The Bertz CT molecular complexity index is 656. The van der Waals surface area contributed by atoms with Crippen LogP contribution >= 0.6 is 8.58 Å². The van der Waals surface area contributed by atoms with E-state index in [-0.39, 0.29) is 11.0 Å². The number of ether oxygens (including phenoxy) is 1. The van der Waals surface area contributed by atoms with E-state index in [1.165, 1.54) is 11.1 Å². The highest BCUT2D eigenvalue weighted by molar-refractivity contribution is 7.48. The van der Waals surface area contributed by atoms with Crippen molar-refractivity contribution in [3.05, 3.63) is 59.4 Å². The van der Waals surface area contributed by atoms with Crippen LogP contribution in [0.15, 0.2) is 42.5 Å². The smallest absolute Gasteiger partial charge is 0.130 e. The Kier molecular flexibility index (Phi) is 6.18. The standard InChI is InChI=1S/C20H26FOP/c1-5-13-20(6-2,23-19-10-8-7-9-17(19)21)16-14-15(3)11-12-18(16)22-4/h7-12,14,23H,5-6,13H2,1-4H3. The SMILES string of the molecule is CCCC(CC)(Pc1ccccc1F)c1cc(C)ccc1OC. The second-order valence-corrected chi connectivity index (χ2v) is 7.74. The highest BCUT2D eigenvalue weighted by Crippen LogP contribution is 2.51. The number of halogens is 1. The quantitative estimate of drug-likeness (QED) is 0.604. The maximum atomic E-state index is 14.2. The van der Waals surface area contributed by atoms with Gasteiger partial charge in [0.15, 0.2) is 0 Å². The fourth-order valence-electron chi connectivity index (χ4n) is 3.16. The molecule has 2 aromatic carbocycles. The van der Waals surface area contributed by atoms with Gasteiger partial charge < -0.3 is 4.74 Å². The molecule has 0 bridgehead atoms. The van der Waals surface area contributed by atoms with Gasteiger partial charge >= 0.3 is 0 Å². The Balaban J connectivity index is 2.55. The van der Waals surface area contributed by atoms with Gasteiger partial charge in [0.05, 0.1) is 7.11 Å². The molecule has 1 nitrogen and oxygen atoms in total. The molecule has 0 aliphatic carbocycles. The van der Waals surface area contributed by atoms with E-state index in [9.17, 15) is 4.39 Å². The van der Waals surface area contributed by atoms with Gasteiger partial charge in [-0.05, 0) is 31.9 Å². The summed E-state index contributed by atoms with van der Waals surface area (Å²) >= 11 is 0. The van der Waals surface area contributed by atoms with E-state index in [4.69, 9.17) is 4.74 Å². The molecule has 0 saturated carbocycles. The van der Waals surface area contributed by atoms with E-state index >= 15 is 0 Å². The van der Waals surface area contributed by atoms with Gasteiger partial charge in [0, 0.05) is 16.0 Å². The van der Waals surface area contributed by atoms with Gasteiger partial charge in [-0.3, -0.25) is 0 Å². The Morgan fingerprint density at radius 2 is 1.87 bits per heavy atom. The maximum Gasteiger partial charge on any atom is 0.130 e. The van der Waals surface area contributed by atoms with Crippen molar-refractivity contribution in [1.82, 2.24) is 0 Å². The number of hydrogen-bond acceptors (Lipinski definition) is 1. The highest BCUT2D eigenvalue weighted by atomic mass is 31.1. The first-order chi connectivity index (χ1) is 11.1. The van der Waals surface area contributed by atoms with Gasteiger partial charge in [-0.15, -0.1) is 0 Å². The van der Waals surface area contributed by atoms with Crippen molar-refractivity contribution in [2.45, 2.75) is 45.2 Å². The van der Waals surface area contributed by atoms with Crippen molar-refractivity contribution in [2.24, 2.45) is 0 Å². The van der Waals surface area contributed by atoms with Crippen LogP contribution in [0.25, 0.3) is 0 Å². The zero-order valence-electron chi connectivity index (χ0n) is 14.4. The number of methoxy groups -OCH3 is 1. The highest BCUT2D eigenvalue weighted by Gasteiger charge is 2.33. The number of rotatable bonds is 7. The fraction of sp³-hybridized carbons (Fsp3) is 0.400. The molecule has 0 heterocycles. The third-order valence-electron chi connectivity index (χ3n) is 4.40. The number of hydrogen-bond donors (Lipinski definition) is 0. The van der Waals surface area contributed by atoms with Crippen LogP contribution in [-0.4, -0.2) is 7.11 Å². The molecule has 124 valence electrons. The Hall–Kier alpha value is -1.40. The minimum absolute atomic E-state index is 0.0751. The Labute approximate surface area is 141 Å². The average Bonchev–Trinajstić information content (AvgIpc) is 2.56. The molecule has 2 atom stereocenters. The first-order valence-electron chi connectivity index (χ1n) is 8.24. The van der Waals surface area contributed by atoms with Crippen LogP contribution in [0.4, 0.5) is 4.39 Å². The summed E-state index contributed by atoms with van der Waals surface area (Å²) in [6.07, 6.45) is 3.05. The lowest BCUT2D eigenvalue weighted by molar-refractivity contribution is 0.396. The molecule has 0 spiro atoms. The molecule has 0 aliphatic heterocycles. The Morgan fingerprint density at radius 1 is 1.13 bits per heavy atom. The molecule has 3 heteroatoms. The topological polar surface area (TPSA) is 9.23 Å². The lowest BCUT2D eigenvalue weighted by Crippen LogP contribution is -2.24. The second-order valence-electron chi connectivity index (χ2n) is 5.99. The molecule has 0 N–H and O–H groups in total. The molecular formula is C20H26FOP. The summed E-state index contributed by atoms with van der Waals surface area (Å²) in [6, 6.07) is 13.5. The Morgan fingerprint density at radius 3 is 2.48 bits per heavy atom. The van der Waals surface area contributed by atoms with Crippen LogP contribution < -0.4 is 10.0 Å². The molecule has 0 aromatic heterocycles. The molecule has 2 unspecified atom stereocenters. The van der Waals surface area contributed by atoms with E-state index in [0.29, 0.717) is 8.58 Å². The second kappa shape index (κ2) is 7.93. The van der Waals surface area contributed by atoms with Gasteiger partial charge in [-0.25, -0.2) is 4.39 Å². The van der Waals surface area contributed by atoms with Crippen LogP contribution in [0.2, 0.25) is 0 Å². The normalized spacial score (nSPS) is 14.1. The summed E-state index contributed by atoms with van der Waals surface area (Å²) in [5.74, 6) is 0.807. The van der Waals surface area contributed by atoms with Crippen LogP contribution in [0, 0.1) is 12.7 Å². The summed E-state index contributed by atoms with van der Waals surface area (Å²) < 4.78 is 19.9. The van der Waals surface area contributed by atoms with Crippen molar-refractivity contribution >= 4 is 13.9 Å². The first kappa shape index (κ1) is 17.9. The molecule has 2 aromatic rings. The lowest BCUT2D eigenvalue weighted by Gasteiger charge is -2.35. The monoisotopic (exact) mass is 332 g/mol. The summed E-state index contributed by atoms with van der Waals surface area (Å²) in [4.78, 5) is 0. The van der Waals surface area contributed by atoms with Crippen molar-refractivity contribution < 1.29 is 9.13 Å². The molecular weight excluding hydrogens is 306 g/mol. The molecule has 0 fully saturated rings. The van der Waals surface area contributed by atoms with E-state index in [1.807, 2.05) is 18.2 Å². The van der Waals surface area contributed by atoms with Gasteiger partial charge in [0.2, 0.25) is 0 Å². The summed E-state index contributed by atoms with van der Waals surface area (Å²) in [7, 11) is 2.10. The van der Waals surface area contributed by atoms with Crippen LogP contribution in [-0.2, 0) is 5.16 Å². The summed E-state index contributed by atoms with van der Waals surface area (Å²) in [6.45, 7) is 6.49. The van der Waals surface area contributed by atoms with E-state index in [1.54, 1.807) is 19.2 Å². The maximum absolute atomic E-state index is 14.2. The molecule has 2 rings (SSSR count). The van der Waals surface area contributed by atoms with Crippen LogP contribution in [0.3, 0.4) is 0 Å². The molecule has 0 radical (unpaired) electrons. The molecule has 0 saturated heterocycles. The van der Waals surface area contributed by atoms with Crippen molar-refractivity contribution in [3.63, 3.8) is 0 Å². The van der Waals surface area contributed by atoms with Crippen LogP contribution in [0.1, 0.15) is 44.2 Å². The number of benzene rings is 2. The van der Waals surface area contributed by atoms with Gasteiger partial charge in [0.1, 0.15) is 11.6 Å². The molecule has 0 amide bonds. The minimum Gasteiger partial charge on any atom is -0.496 e. The first-order valence-corrected chi connectivity index (χ1v) is 9.24. The van der Waals surface area contributed by atoms with Gasteiger partial charge in [0.25, 0.3) is 0 Å². The van der Waals surface area contributed by atoms with Gasteiger partial charge in [-0.2, -0.15) is 0 Å². The summed E-state index contributed by atoms with van der Waals surface area (Å²) in [5, 5.41) is 0.736. The lowest BCUT2D eigenvalue weighted by atomic mass is 9.89. The zero-order valence-corrected chi connectivity index (χ0v) is 15.4. The predicted octanol–water partition coefficient (Wildman–Crippen LogP) is 5.55. The van der Waals surface area contributed by atoms with E-state index in [2.05, 4.69) is 32.9 Å². The minimum atomic E-state index is -0.105. The molecule has 0 aliphatic rings. The fourth-order valence-corrected chi connectivity index (χ4v) is 4.94. The largest absolute Gasteiger partial charge is 0.496 e. The molecule has 23 heavy (non-hydrogen) atoms. The average molecular weight is 332 g/mol. The zero-order chi connectivity index (χ0) is 16.9. The van der Waals surface area contributed by atoms with Crippen LogP contribution in [0.5, 0.6) is 5.75 Å². The summed E-state index contributed by atoms with van der Waals surface area (Å²) in [5.41, 5.74) is 2.43. The third kappa shape index (κ3) is 3.93. The third-order valence-corrected chi connectivity index (χ3v) is 6.42. The predicted molar refractivity (Wildman–Crippen MR) is 99.0 cm³/mol. The van der Waals surface area contributed by atoms with Crippen molar-refractivity contribution in [2.75, 3.05) is 7.11 Å².